The van der Waals surface area contributed by atoms with E-state index in [4.69, 9.17) is 4.74 Å². The SMILES string of the molecule is CNC(=O)C(C)NC(C)c1ccc(OC)cc1. The van der Waals surface area contributed by atoms with Crippen molar-refractivity contribution >= 4 is 5.91 Å². The molecule has 1 rings (SSSR count). The minimum Gasteiger partial charge on any atom is -0.497 e. The van der Waals surface area contributed by atoms with Crippen molar-refractivity contribution in [1.29, 1.82) is 0 Å². The molecule has 0 aliphatic heterocycles. The number of amides is 1. The van der Waals surface area contributed by atoms with E-state index in [0.29, 0.717) is 0 Å². The molecule has 2 atom stereocenters. The Labute approximate surface area is 102 Å². The summed E-state index contributed by atoms with van der Waals surface area (Å²) in [7, 11) is 3.28. The van der Waals surface area contributed by atoms with Crippen LogP contribution >= 0.6 is 0 Å². The van der Waals surface area contributed by atoms with Gasteiger partial charge < -0.3 is 10.1 Å². The average Bonchev–Trinajstić information content (AvgIpc) is 2.37. The lowest BCUT2D eigenvalue weighted by molar-refractivity contribution is -0.122. The van der Waals surface area contributed by atoms with E-state index in [1.165, 1.54) is 0 Å². The number of methoxy groups -OCH3 is 1. The van der Waals surface area contributed by atoms with E-state index in [1.807, 2.05) is 38.1 Å². The fourth-order valence-electron chi connectivity index (χ4n) is 1.66. The molecule has 17 heavy (non-hydrogen) atoms. The lowest BCUT2D eigenvalue weighted by Crippen LogP contribution is -2.41. The number of carbonyl (C=O) groups is 1. The highest BCUT2D eigenvalue weighted by molar-refractivity contribution is 5.80. The third-order valence-electron chi connectivity index (χ3n) is 2.76. The number of nitrogens with one attached hydrogen (secondary N) is 2. The normalized spacial score (nSPS) is 13.9. The predicted molar refractivity (Wildman–Crippen MR) is 68.1 cm³/mol. The zero-order valence-electron chi connectivity index (χ0n) is 10.8. The van der Waals surface area contributed by atoms with Gasteiger partial charge in [-0.3, -0.25) is 10.1 Å². The van der Waals surface area contributed by atoms with Crippen LogP contribution < -0.4 is 15.4 Å². The van der Waals surface area contributed by atoms with Crippen LogP contribution in [0.2, 0.25) is 0 Å². The quantitative estimate of drug-likeness (QED) is 0.814. The van der Waals surface area contributed by atoms with Gasteiger partial charge in [-0.05, 0) is 31.5 Å². The Hall–Kier alpha value is -1.55. The van der Waals surface area contributed by atoms with Crippen molar-refractivity contribution < 1.29 is 9.53 Å². The van der Waals surface area contributed by atoms with Crippen LogP contribution in [0.15, 0.2) is 24.3 Å². The summed E-state index contributed by atoms with van der Waals surface area (Å²) in [6.45, 7) is 3.88. The molecule has 2 N–H and O–H groups in total. The first-order valence-corrected chi connectivity index (χ1v) is 5.70. The van der Waals surface area contributed by atoms with E-state index in [-0.39, 0.29) is 18.0 Å². The minimum absolute atomic E-state index is 0.00892. The van der Waals surface area contributed by atoms with Gasteiger partial charge in [0.1, 0.15) is 5.75 Å². The molecule has 1 aromatic carbocycles. The van der Waals surface area contributed by atoms with Crippen LogP contribution in [0.4, 0.5) is 0 Å². The highest BCUT2D eigenvalue weighted by Gasteiger charge is 2.14. The second-order valence-corrected chi connectivity index (χ2v) is 4.00. The maximum Gasteiger partial charge on any atom is 0.236 e. The van der Waals surface area contributed by atoms with Gasteiger partial charge in [-0.15, -0.1) is 0 Å². The fraction of sp³-hybridized carbons (Fsp3) is 0.462. The van der Waals surface area contributed by atoms with Gasteiger partial charge in [-0.1, -0.05) is 12.1 Å². The molecule has 0 saturated carbocycles. The van der Waals surface area contributed by atoms with E-state index < -0.39 is 0 Å². The van der Waals surface area contributed by atoms with Gasteiger partial charge in [0.2, 0.25) is 5.91 Å². The van der Waals surface area contributed by atoms with Crippen molar-refractivity contribution in [3.8, 4) is 5.75 Å². The molecule has 1 amide bonds. The Morgan fingerprint density at radius 1 is 1.24 bits per heavy atom. The van der Waals surface area contributed by atoms with Gasteiger partial charge in [0.25, 0.3) is 0 Å². The van der Waals surface area contributed by atoms with E-state index in [9.17, 15) is 4.79 Å². The van der Waals surface area contributed by atoms with Gasteiger partial charge in [0, 0.05) is 13.1 Å². The molecule has 2 unspecified atom stereocenters. The van der Waals surface area contributed by atoms with Crippen molar-refractivity contribution in [1.82, 2.24) is 10.6 Å². The van der Waals surface area contributed by atoms with Crippen molar-refractivity contribution in [2.24, 2.45) is 0 Å². The monoisotopic (exact) mass is 236 g/mol. The first kappa shape index (κ1) is 13.5. The number of ether oxygens (including phenoxy) is 1. The average molecular weight is 236 g/mol. The summed E-state index contributed by atoms with van der Waals surface area (Å²) in [5.74, 6) is 0.825. The van der Waals surface area contributed by atoms with E-state index in [1.54, 1.807) is 14.2 Å². The number of likely N-dealkylation sites (N-methyl/N-ethyl adjacent to an activating group) is 1. The Morgan fingerprint density at radius 3 is 2.29 bits per heavy atom. The number of hydrogen-bond acceptors (Lipinski definition) is 3. The standard InChI is InChI=1S/C13H20N2O2/c1-9(15-10(2)13(16)14-3)11-5-7-12(17-4)8-6-11/h5-10,15H,1-4H3,(H,14,16). The third kappa shape index (κ3) is 3.75. The molecule has 1 aromatic rings. The van der Waals surface area contributed by atoms with Gasteiger partial charge in [-0.25, -0.2) is 0 Å². The second kappa shape index (κ2) is 6.25. The van der Waals surface area contributed by atoms with Crippen LogP contribution in [0.3, 0.4) is 0 Å². The zero-order chi connectivity index (χ0) is 12.8. The lowest BCUT2D eigenvalue weighted by Gasteiger charge is -2.19. The number of carbonyl (C=O) groups excluding carboxylic acids is 1. The molecule has 94 valence electrons. The summed E-state index contributed by atoms with van der Waals surface area (Å²) < 4.78 is 5.10. The summed E-state index contributed by atoms with van der Waals surface area (Å²) in [6, 6.07) is 7.72. The molecule has 0 aliphatic carbocycles. The Morgan fingerprint density at radius 2 is 1.82 bits per heavy atom. The summed E-state index contributed by atoms with van der Waals surface area (Å²) >= 11 is 0. The molecule has 0 aliphatic rings. The smallest absolute Gasteiger partial charge is 0.236 e. The van der Waals surface area contributed by atoms with Crippen LogP contribution in [-0.4, -0.2) is 26.1 Å². The van der Waals surface area contributed by atoms with Crippen molar-refractivity contribution in [3.63, 3.8) is 0 Å². The summed E-state index contributed by atoms with van der Waals surface area (Å²) in [5, 5.41) is 5.85. The number of benzene rings is 1. The van der Waals surface area contributed by atoms with E-state index >= 15 is 0 Å². The molecular weight excluding hydrogens is 216 g/mol. The number of hydrogen-bond donors (Lipinski definition) is 2. The van der Waals surface area contributed by atoms with E-state index in [0.717, 1.165) is 11.3 Å². The topological polar surface area (TPSA) is 50.4 Å². The molecule has 0 aromatic heterocycles. The van der Waals surface area contributed by atoms with Gasteiger partial charge in [0.15, 0.2) is 0 Å². The first-order valence-electron chi connectivity index (χ1n) is 5.70. The largest absolute Gasteiger partial charge is 0.497 e. The molecule has 4 heteroatoms. The van der Waals surface area contributed by atoms with Crippen LogP contribution in [0.1, 0.15) is 25.5 Å². The van der Waals surface area contributed by atoms with Crippen molar-refractivity contribution in [2.75, 3.05) is 14.2 Å². The summed E-state index contributed by atoms with van der Waals surface area (Å²) in [5.41, 5.74) is 1.13. The molecule has 0 saturated heterocycles. The van der Waals surface area contributed by atoms with Crippen molar-refractivity contribution in [3.05, 3.63) is 29.8 Å². The first-order chi connectivity index (χ1) is 8.08. The van der Waals surface area contributed by atoms with Gasteiger partial charge >= 0.3 is 0 Å². The summed E-state index contributed by atoms with van der Waals surface area (Å²) in [6.07, 6.45) is 0. The molecular formula is C13H20N2O2. The van der Waals surface area contributed by atoms with Crippen molar-refractivity contribution in [2.45, 2.75) is 25.9 Å². The van der Waals surface area contributed by atoms with Crippen LogP contribution in [0.5, 0.6) is 5.75 Å². The molecule has 0 heterocycles. The number of rotatable bonds is 5. The van der Waals surface area contributed by atoms with Crippen LogP contribution in [-0.2, 0) is 4.79 Å². The predicted octanol–water partition coefficient (Wildman–Crippen LogP) is 1.48. The lowest BCUT2D eigenvalue weighted by atomic mass is 10.1. The maximum atomic E-state index is 11.4. The van der Waals surface area contributed by atoms with Gasteiger partial charge in [-0.2, -0.15) is 0 Å². The third-order valence-corrected chi connectivity index (χ3v) is 2.76. The highest BCUT2D eigenvalue weighted by atomic mass is 16.5. The Bertz CT molecular complexity index is 362. The Balaban J connectivity index is 2.62. The Kier molecular flexibility index (Phi) is 4.97. The second-order valence-electron chi connectivity index (χ2n) is 4.00. The molecule has 0 spiro atoms. The molecule has 0 bridgehead atoms. The molecule has 0 fully saturated rings. The highest BCUT2D eigenvalue weighted by Crippen LogP contribution is 2.17. The van der Waals surface area contributed by atoms with Crippen LogP contribution in [0, 0.1) is 0 Å². The maximum absolute atomic E-state index is 11.4. The molecule has 0 radical (unpaired) electrons. The fourth-order valence-corrected chi connectivity index (χ4v) is 1.66. The van der Waals surface area contributed by atoms with Crippen LogP contribution in [0.25, 0.3) is 0 Å². The molecule has 4 nitrogen and oxygen atoms in total. The summed E-state index contributed by atoms with van der Waals surface area (Å²) in [4.78, 5) is 11.4. The minimum atomic E-state index is -0.211. The van der Waals surface area contributed by atoms with E-state index in [2.05, 4.69) is 10.6 Å². The zero-order valence-corrected chi connectivity index (χ0v) is 10.8. The van der Waals surface area contributed by atoms with Gasteiger partial charge in [0.05, 0.1) is 13.2 Å².